The smallest absolute Gasteiger partial charge is 0.408 e. The Balaban J connectivity index is 1.97. The molecule has 0 radical (unpaired) electrons. The van der Waals surface area contributed by atoms with E-state index in [4.69, 9.17) is 4.74 Å². The minimum Gasteiger partial charge on any atom is -0.444 e. The number of ether oxygens (including phenoxy) is 1. The number of nitrogens with zero attached hydrogens (tertiary/aromatic N) is 1. The van der Waals surface area contributed by atoms with Crippen LogP contribution >= 0.6 is 11.3 Å². The van der Waals surface area contributed by atoms with E-state index >= 15 is 0 Å². The maximum Gasteiger partial charge on any atom is 0.408 e. The summed E-state index contributed by atoms with van der Waals surface area (Å²) in [4.78, 5) is 29.4. The largest absolute Gasteiger partial charge is 0.444 e. The van der Waals surface area contributed by atoms with Crippen LogP contribution in [0, 0.1) is 0 Å². The number of hydrogen-bond acceptors (Lipinski definition) is 5. The van der Waals surface area contributed by atoms with Crippen molar-refractivity contribution in [3.05, 3.63) is 16.1 Å². The summed E-state index contributed by atoms with van der Waals surface area (Å²) >= 11 is 1.60. The van der Waals surface area contributed by atoms with E-state index in [1.165, 1.54) is 0 Å². The summed E-state index contributed by atoms with van der Waals surface area (Å²) in [6, 6.07) is 0. The van der Waals surface area contributed by atoms with E-state index in [-0.39, 0.29) is 12.3 Å². The Morgan fingerprint density at radius 3 is 2.39 bits per heavy atom. The fourth-order valence-electron chi connectivity index (χ4n) is 3.44. The molecule has 2 N–H and O–H groups in total. The van der Waals surface area contributed by atoms with Gasteiger partial charge in [0, 0.05) is 17.8 Å². The van der Waals surface area contributed by atoms with Gasteiger partial charge in [-0.15, -0.1) is 11.3 Å². The number of amides is 2. The van der Waals surface area contributed by atoms with Gasteiger partial charge in [0.05, 0.1) is 22.7 Å². The van der Waals surface area contributed by atoms with E-state index in [9.17, 15) is 9.59 Å². The zero-order chi connectivity index (χ0) is 20.8. The van der Waals surface area contributed by atoms with Crippen molar-refractivity contribution in [1.29, 1.82) is 0 Å². The third kappa shape index (κ3) is 7.41. The summed E-state index contributed by atoms with van der Waals surface area (Å²) in [5.41, 5.74) is -0.182. The van der Waals surface area contributed by atoms with Gasteiger partial charge in [0.2, 0.25) is 5.91 Å². The van der Waals surface area contributed by atoms with Crippen LogP contribution in [0.25, 0.3) is 0 Å². The number of nitrogens with one attached hydrogen (secondary N) is 2. The number of rotatable bonds is 6. The van der Waals surface area contributed by atoms with Gasteiger partial charge in [-0.05, 0) is 33.6 Å². The first-order chi connectivity index (χ1) is 13.1. The Bertz CT molecular complexity index is 656. The van der Waals surface area contributed by atoms with Crippen LogP contribution in [0.2, 0.25) is 0 Å². The normalized spacial score (nSPS) is 17.1. The maximum absolute atomic E-state index is 12.5. The van der Waals surface area contributed by atoms with Gasteiger partial charge in [0.15, 0.2) is 0 Å². The molecule has 0 bridgehead atoms. The minimum atomic E-state index is -0.544. The molecule has 0 atom stereocenters. The fourth-order valence-corrected chi connectivity index (χ4v) is 4.27. The second-order valence-electron chi connectivity index (χ2n) is 9.11. The molecule has 1 aromatic heterocycles. The molecule has 6 nitrogen and oxygen atoms in total. The van der Waals surface area contributed by atoms with Crippen molar-refractivity contribution in [3.8, 4) is 0 Å². The van der Waals surface area contributed by atoms with Crippen molar-refractivity contribution < 1.29 is 14.3 Å². The molecule has 28 heavy (non-hydrogen) atoms. The molecule has 1 aromatic rings. The van der Waals surface area contributed by atoms with E-state index in [0.29, 0.717) is 12.5 Å². The topological polar surface area (TPSA) is 80.3 Å². The van der Waals surface area contributed by atoms with Gasteiger partial charge in [-0.1, -0.05) is 39.5 Å². The minimum absolute atomic E-state index is 0.0600. The van der Waals surface area contributed by atoms with Gasteiger partial charge in [0.1, 0.15) is 5.60 Å². The molecule has 1 saturated carbocycles. The molecule has 0 spiro atoms. The molecule has 1 fully saturated rings. The molecule has 2 amide bonds. The van der Waals surface area contributed by atoms with Crippen molar-refractivity contribution in [1.82, 2.24) is 15.6 Å². The Hall–Kier alpha value is -1.63. The fraction of sp³-hybridized carbons (Fsp3) is 0.762. The number of hydrogen-bond donors (Lipinski definition) is 2. The van der Waals surface area contributed by atoms with Crippen LogP contribution in [0.4, 0.5) is 4.79 Å². The van der Waals surface area contributed by atoms with E-state index in [1.54, 1.807) is 11.3 Å². The predicted octanol–water partition coefficient (Wildman–Crippen LogP) is 4.54. The number of thiazole rings is 1. The van der Waals surface area contributed by atoms with Crippen LogP contribution in [0.1, 0.15) is 89.8 Å². The first-order valence-corrected chi connectivity index (χ1v) is 11.2. The van der Waals surface area contributed by atoms with Gasteiger partial charge in [-0.25, -0.2) is 9.78 Å². The Kier molecular flexibility index (Phi) is 7.87. The van der Waals surface area contributed by atoms with Crippen LogP contribution in [0.15, 0.2) is 5.38 Å². The Labute approximate surface area is 172 Å². The molecule has 2 rings (SSSR count). The lowest BCUT2D eigenvalue weighted by Crippen LogP contribution is -2.56. The molecule has 0 saturated heterocycles. The Morgan fingerprint density at radius 2 is 1.86 bits per heavy atom. The number of carbonyl (C=O) groups is 2. The number of aromatic nitrogens is 1. The highest BCUT2D eigenvalue weighted by Crippen LogP contribution is 2.27. The predicted molar refractivity (Wildman–Crippen MR) is 113 cm³/mol. The van der Waals surface area contributed by atoms with E-state index in [0.717, 1.165) is 49.2 Å². The van der Waals surface area contributed by atoms with Gasteiger partial charge in [0.25, 0.3) is 0 Å². The summed E-state index contributed by atoms with van der Waals surface area (Å²) in [6.07, 6.45) is 5.94. The second kappa shape index (κ2) is 9.72. The van der Waals surface area contributed by atoms with Gasteiger partial charge in [-0.2, -0.15) is 0 Å². The molecule has 158 valence electrons. The molecule has 7 heteroatoms. The molecule has 0 aliphatic heterocycles. The van der Waals surface area contributed by atoms with Crippen LogP contribution in [0.3, 0.4) is 0 Å². The first-order valence-electron chi connectivity index (χ1n) is 10.3. The summed E-state index contributed by atoms with van der Waals surface area (Å²) in [5.74, 6) is 0.310. The maximum atomic E-state index is 12.5. The third-order valence-electron chi connectivity index (χ3n) is 4.86. The molecule has 0 aromatic carbocycles. The number of alkyl carbamates (subject to hydrolysis) is 1. The summed E-state index contributed by atoms with van der Waals surface area (Å²) in [5, 5.41) is 9.11. The second-order valence-corrected chi connectivity index (χ2v) is 10.00. The summed E-state index contributed by atoms with van der Waals surface area (Å²) < 4.78 is 5.46. The van der Waals surface area contributed by atoms with Gasteiger partial charge < -0.3 is 15.4 Å². The van der Waals surface area contributed by atoms with Crippen LogP contribution < -0.4 is 10.6 Å². The zero-order valence-corrected chi connectivity index (χ0v) is 18.7. The van der Waals surface area contributed by atoms with Crippen LogP contribution in [-0.4, -0.2) is 34.7 Å². The highest BCUT2D eigenvalue weighted by Gasteiger charge is 2.34. The lowest BCUT2D eigenvalue weighted by Gasteiger charge is -2.35. The zero-order valence-electron chi connectivity index (χ0n) is 17.9. The SMILES string of the molecule is CC(C)c1nc(CC(=O)NCC2(NC(=O)OC(C)(C)C)CCCCCC2)cs1. The van der Waals surface area contributed by atoms with Gasteiger partial charge >= 0.3 is 6.09 Å². The van der Waals surface area contributed by atoms with Crippen molar-refractivity contribution in [2.45, 2.75) is 96.6 Å². The summed E-state index contributed by atoms with van der Waals surface area (Å²) in [7, 11) is 0. The van der Waals surface area contributed by atoms with Crippen LogP contribution in [-0.2, 0) is 16.0 Å². The monoisotopic (exact) mass is 409 g/mol. The molecular weight excluding hydrogens is 374 g/mol. The van der Waals surface area contributed by atoms with Crippen molar-refractivity contribution in [2.24, 2.45) is 0 Å². The number of carbonyl (C=O) groups excluding carboxylic acids is 2. The Morgan fingerprint density at radius 1 is 1.21 bits per heavy atom. The molecular formula is C21H35N3O3S. The highest BCUT2D eigenvalue weighted by atomic mass is 32.1. The standard InChI is InChI=1S/C21H35N3O3S/c1-15(2)18-23-16(13-28-18)12-17(25)22-14-21(10-8-6-7-9-11-21)24-19(26)27-20(3,4)5/h13,15H,6-12,14H2,1-5H3,(H,22,25)(H,24,26). The first kappa shape index (κ1) is 22.7. The molecule has 0 unspecified atom stereocenters. The molecule has 1 aliphatic rings. The third-order valence-corrected chi connectivity index (χ3v) is 6.05. The van der Waals surface area contributed by atoms with E-state index in [1.807, 2.05) is 26.2 Å². The quantitative estimate of drug-likeness (QED) is 0.676. The van der Waals surface area contributed by atoms with E-state index < -0.39 is 17.2 Å². The van der Waals surface area contributed by atoms with Crippen molar-refractivity contribution >= 4 is 23.3 Å². The van der Waals surface area contributed by atoms with Crippen molar-refractivity contribution in [2.75, 3.05) is 6.54 Å². The summed E-state index contributed by atoms with van der Waals surface area (Å²) in [6.45, 7) is 10.2. The van der Waals surface area contributed by atoms with E-state index in [2.05, 4.69) is 29.5 Å². The molecule has 1 heterocycles. The van der Waals surface area contributed by atoms with Crippen LogP contribution in [0.5, 0.6) is 0 Å². The van der Waals surface area contributed by atoms with Gasteiger partial charge in [-0.3, -0.25) is 4.79 Å². The average molecular weight is 410 g/mol. The average Bonchev–Trinajstić information content (AvgIpc) is 2.91. The molecule has 1 aliphatic carbocycles. The lowest BCUT2D eigenvalue weighted by atomic mass is 9.90. The lowest BCUT2D eigenvalue weighted by molar-refractivity contribution is -0.120. The van der Waals surface area contributed by atoms with Crippen molar-refractivity contribution in [3.63, 3.8) is 0 Å². The highest BCUT2D eigenvalue weighted by molar-refractivity contribution is 7.09.